The highest BCUT2D eigenvalue weighted by Gasteiger charge is 2.23. The number of ketones is 1. The Labute approximate surface area is 106 Å². The Balaban J connectivity index is 2.46. The largest absolute Gasteiger partial charge is 0.875 e. The molecule has 6 nitrogen and oxygen atoms in total. The summed E-state index contributed by atoms with van der Waals surface area (Å²) in [6.45, 7) is 4.30. The lowest BCUT2D eigenvalue weighted by molar-refractivity contribution is -0.301. The molecule has 0 N–H and O–H groups in total. The minimum atomic E-state index is -0.318. The molecule has 100 valence electrons. The maximum atomic E-state index is 11.6. The van der Waals surface area contributed by atoms with Crippen molar-refractivity contribution in [3.05, 3.63) is 11.8 Å². The first-order valence-corrected chi connectivity index (χ1v) is 5.81. The van der Waals surface area contributed by atoms with Gasteiger partial charge in [-0.05, 0) is 13.0 Å². The smallest absolute Gasteiger partial charge is 0.245 e. The van der Waals surface area contributed by atoms with E-state index >= 15 is 0 Å². The van der Waals surface area contributed by atoms with Crippen molar-refractivity contribution in [3.8, 4) is 0 Å². The van der Waals surface area contributed by atoms with Crippen LogP contribution < -0.4 is 5.11 Å². The van der Waals surface area contributed by atoms with E-state index in [0.717, 1.165) is 6.08 Å². The van der Waals surface area contributed by atoms with E-state index in [1.807, 2.05) is 0 Å². The van der Waals surface area contributed by atoms with Crippen LogP contribution in [-0.2, 0) is 14.4 Å². The van der Waals surface area contributed by atoms with Crippen molar-refractivity contribution in [1.29, 1.82) is 0 Å². The number of Topliss-reactive ketones (excluding diaryl/α,β-unsaturated/α-hetero) is 1. The molecule has 1 aliphatic rings. The third-order valence-electron chi connectivity index (χ3n) is 2.67. The van der Waals surface area contributed by atoms with Crippen LogP contribution in [0.3, 0.4) is 0 Å². The molecule has 0 unspecified atom stereocenters. The van der Waals surface area contributed by atoms with Crippen LogP contribution in [0, 0.1) is 0 Å². The van der Waals surface area contributed by atoms with Gasteiger partial charge in [-0.2, -0.15) is 0 Å². The topological polar surface area (TPSA) is 80.8 Å². The van der Waals surface area contributed by atoms with Gasteiger partial charge in [-0.25, -0.2) is 0 Å². The molecule has 0 aromatic carbocycles. The van der Waals surface area contributed by atoms with Crippen molar-refractivity contribution >= 4 is 17.6 Å². The molecule has 1 fully saturated rings. The summed E-state index contributed by atoms with van der Waals surface area (Å²) in [4.78, 5) is 37.1. The quantitative estimate of drug-likeness (QED) is 0.363. The molecule has 0 saturated carbocycles. The first kappa shape index (κ1) is 14.2. The number of amides is 2. The fourth-order valence-corrected chi connectivity index (χ4v) is 1.77. The van der Waals surface area contributed by atoms with E-state index in [1.54, 1.807) is 4.90 Å². The standard InChI is InChI=1S/C12H18N2O4/c1-9(15)7-11(17)13-3-5-14(6-4-13)12(18)8-10(2)16/h7,15H,3-6,8H2,1-2H3/p-1/b9-7-. The molecule has 6 heteroatoms. The van der Waals surface area contributed by atoms with Gasteiger partial charge in [0.2, 0.25) is 11.8 Å². The predicted molar refractivity (Wildman–Crippen MR) is 62.2 cm³/mol. The van der Waals surface area contributed by atoms with Crippen LogP contribution in [0.15, 0.2) is 11.8 Å². The van der Waals surface area contributed by atoms with E-state index < -0.39 is 0 Å². The zero-order valence-electron chi connectivity index (χ0n) is 10.6. The molecule has 2 amide bonds. The van der Waals surface area contributed by atoms with E-state index in [9.17, 15) is 19.5 Å². The zero-order chi connectivity index (χ0) is 13.7. The Morgan fingerprint density at radius 1 is 1.06 bits per heavy atom. The van der Waals surface area contributed by atoms with E-state index in [0.29, 0.717) is 26.2 Å². The van der Waals surface area contributed by atoms with Gasteiger partial charge in [0.25, 0.3) is 0 Å². The van der Waals surface area contributed by atoms with Crippen LogP contribution in [-0.4, -0.2) is 53.6 Å². The number of hydrogen-bond donors (Lipinski definition) is 0. The second-order valence-corrected chi connectivity index (χ2v) is 4.34. The Kier molecular flexibility index (Phi) is 4.88. The number of rotatable bonds is 3. The average molecular weight is 253 g/mol. The van der Waals surface area contributed by atoms with Gasteiger partial charge in [0, 0.05) is 26.2 Å². The predicted octanol–water partition coefficient (Wildman–Crippen LogP) is -1.10. The SMILES string of the molecule is CC(=O)CC(=O)N1CCN(C(=O)/C=C(/C)[O-])CC1. The number of nitrogens with zero attached hydrogens (tertiary/aromatic N) is 2. The lowest BCUT2D eigenvalue weighted by Crippen LogP contribution is -2.50. The lowest BCUT2D eigenvalue weighted by Gasteiger charge is -2.34. The van der Waals surface area contributed by atoms with Crippen molar-refractivity contribution in [2.45, 2.75) is 20.3 Å². The van der Waals surface area contributed by atoms with Crippen LogP contribution in [0.2, 0.25) is 0 Å². The van der Waals surface area contributed by atoms with Gasteiger partial charge in [0.1, 0.15) is 5.78 Å². The van der Waals surface area contributed by atoms with Crippen LogP contribution in [0.1, 0.15) is 20.3 Å². The van der Waals surface area contributed by atoms with Gasteiger partial charge < -0.3 is 14.9 Å². The van der Waals surface area contributed by atoms with Crippen LogP contribution in [0.5, 0.6) is 0 Å². The van der Waals surface area contributed by atoms with Gasteiger partial charge in [-0.3, -0.25) is 14.4 Å². The van der Waals surface area contributed by atoms with Crippen molar-refractivity contribution in [3.63, 3.8) is 0 Å². The highest BCUT2D eigenvalue weighted by molar-refractivity contribution is 5.97. The first-order valence-electron chi connectivity index (χ1n) is 5.81. The minimum Gasteiger partial charge on any atom is -0.875 e. The average Bonchev–Trinajstić information content (AvgIpc) is 2.27. The highest BCUT2D eigenvalue weighted by atomic mass is 16.3. The number of piperazine rings is 1. The van der Waals surface area contributed by atoms with Crippen molar-refractivity contribution in [1.82, 2.24) is 9.80 Å². The lowest BCUT2D eigenvalue weighted by atomic mass is 10.2. The summed E-state index contributed by atoms with van der Waals surface area (Å²) in [5.41, 5.74) is 0. The van der Waals surface area contributed by atoms with Crippen molar-refractivity contribution in [2.75, 3.05) is 26.2 Å². The van der Waals surface area contributed by atoms with Gasteiger partial charge in [0.05, 0.1) is 6.42 Å². The van der Waals surface area contributed by atoms with Crippen molar-refractivity contribution < 1.29 is 19.5 Å². The van der Waals surface area contributed by atoms with E-state index in [1.165, 1.54) is 18.7 Å². The Bertz CT molecular complexity index is 378. The van der Waals surface area contributed by atoms with Gasteiger partial charge in [-0.15, -0.1) is 5.76 Å². The molecular weight excluding hydrogens is 236 g/mol. The second kappa shape index (κ2) is 6.18. The van der Waals surface area contributed by atoms with Crippen molar-refractivity contribution in [2.24, 2.45) is 0 Å². The van der Waals surface area contributed by atoms with Gasteiger partial charge in [0.15, 0.2) is 0 Å². The molecule has 1 rings (SSSR count). The Morgan fingerprint density at radius 2 is 1.56 bits per heavy atom. The van der Waals surface area contributed by atoms with Crippen LogP contribution in [0.25, 0.3) is 0 Å². The molecule has 0 aromatic rings. The highest BCUT2D eigenvalue weighted by Crippen LogP contribution is 2.05. The molecule has 0 aliphatic carbocycles. The molecule has 0 aromatic heterocycles. The van der Waals surface area contributed by atoms with E-state index in [4.69, 9.17) is 0 Å². The Hall–Kier alpha value is -1.85. The number of allylic oxidation sites excluding steroid dienone is 1. The Morgan fingerprint density at radius 3 is 2.00 bits per heavy atom. The van der Waals surface area contributed by atoms with Crippen LogP contribution in [0.4, 0.5) is 0 Å². The molecule has 0 spiro atoms. The fourth-order valence-electron chi connectivity index (χ4n) is 1.77. The summed E-state index contributed by atoms with van der Waals surface area (Å²) in [7, 11) is 0. The third kappa shape index (κ3) is 4.20. The van der Waals surface area contributed by atoms with E-state index in [-0.39, 0.29) is 29.8 Å². The summed E-state index contributed by atoms with van der Waals surface area (Å²) >= 11 is 0. The second-order valence-electron chi connectivity index (χ2n) is 4.34. The monoisotopic (exact) mass is 253 g/mol. The fraction of sp³-hybridized carbons (Fsp3) is 0.583. The van der Waals surface area contributed by atoms with E-state index in [2.05, 4.69) is 0 Å². The first-order chi connectivity index (χ1) is 8.40. The minimum absolute atomic E-state index is 0.0898. The van der Waals surface area contributed by atoms with Crippen LogP contribution >= 0.6 is 0 Å². The summed E-state index contributed by atoms with van der Waals surface area (Å²) in [6, 6.07) is 0. The van der Waals surface area contributed by atoms with Gasteiger partial charge in [-0.1, -0.05) is 6.92 Å². The molecular formula is C12H17N2O4-. The number of hydrogen-bond acceptors (Lipinski definition) is 4. The molecule has 0 atom stereocenters. The number of carbonyl (C=O) groups is 3. The summed E-state index contributed by atoms with van der Waals surface area (Å²) in [6.07, 6.45) is 0.959. The zero-order valence-corrected chi connectivity index (χ0v) is 10.6. The molecule has 1 saturated heterocycles. The summed E-state index contributed by atoms with van der Waals surface area (Å²) < 4.78 is 0. The molecule has 0 radical (unpaired) electrons. The normalized spacial score (nSPS) is 16.7. The van der Waals surface area contributed by atoms with Gasteiger partial charge >= 0.3 is 0 Å². The summed E-state index contributed by atoms with van der Waals surface area (Å²) in [5, 5.41) is 10.8. The molecule has 0 bridgehead atoms. The maximum absolute atomic E-state index is 11.6. The molecule has 1 heterocycles. The summed E-state index contributed by atoms with van der Waals surface area (Å²) in [5.74, 6) is -0.968. The molecule has 1 aliphatic heterocycles. The molecule has 18 heavy (non-hydrogen) atoms. The third-order valence-corrected chi connectivity index (χ3v) is 2.67. The maximum Gasteiger partial charge on any atom is 0.245 e. The number of carbonyl (C=O) groups excluding carboxylic acids is 3.